The Morgan fingerprint density at radius 2 is 2.11 bits per heavy atom. The molecular formula is C14H23N3O. The van der Waals surface area contributed by atoms with Crippen LogP contribution in [0.15, 0.2) is 12.1 Å². The van der Waals surface area contributed by atoms with Crippen molar-refractivity contribution < 1.29 is 4.74 Å². The quantitative estimate of drug-likeness (QED) is 0.684. The molecular weight excluding hydrogens is 226 g/mol. The zero-order valence-corrected chi connectivity index (χ0v) is 11.2. The van der Waals surface area contributed by atoms with Crippen LogP contribution in [0.2, 0.25) is 0 Å². The van der Waals surface area contributed by atoms with E-state index >= 15 is 0 Å². The van der Waals surface area contributed by atoms with Gasteiger partial charge >= 0.3 is 0 Å². The number of nitrogens with one attached hydrogen (secondary N) is 1. The molecule has 1 heterocycles. The topological polar surface area (TPSA) is 47.0 Å². The second-order valence-corrected chi connectivity index (χ2v) is 4.93. The number of hydrogen-bond acceptors (Lipinski definition) is 4. The molecule has 100 valence electrons. The largest absolute Gasteiger partial charge is 0.477 e. The maximum absolute atomic E-state index is 5.55. The van der Waals surface area contributed by atoms with E-state index in [4.69, 9.17) is 4.74 Å². The Bertz CT molecular complexity index is 335. The Hall–Kier alpha value is -1.16. The Kier molecular flexibility index (Phi) is 5.39. The highest BCUT2D eigenvalue weighted by atomic mass is 16.5. The molecule has 1 saturated carbocycles. The predicted octanol–water partition coefficient (Wildman–Crippen LogP) is 2.69. The lowest BCUT2D eigenvalue weighted by Crippen LogP contribution is -2.16. The molecule has 2 rings (SSSR count). The number of aromatic nitrogens is 2. The SMILES string of the molecule is CCCCCCOc1ccc(CNC2CC2)nn1. The summed E-state index contributed by atoms with van der Waals surface area (Å²) in [5.74, 6) is 0.640. The van der Waals surface area contributed by atoms with Crippen molar-refractivity contribution in [3.63, 3.8) is 0 Å². The zero-order chi connectivity index (χ0) is 12.6. The molecule has 0 bridgehead atoms. The van der Waals surface area contributed by atoms with Gasteiger partial charge in [-0.05, 0) is 25.3 Å². The molecule has 0 atom stereocenters. The third-order valence-electron chi connectivity index (χ3n) is 3.09. The first kappa shape index (κ1) is 13.3. The fourth-order valence-corrected chi connectivity index (χ4v) is 1.76. The summed E-state index contributed by atoms with van der Waals surface area (Å²) in [6.45, 7) is 3.77. The van der Waals surface area contributed by atoms with E-state index in [1.165, 1.54) is 32.1 Å². The Balaban J connectivity index is 1.63. The van der Waals surface area contributed by atoms with E-state index in [1.807, 2.05) is 12.1 Å². The number of ether oxygens (including phenoxy) is 1. The summed E-state index contributed by atoms with van der Waals surface area (Å²) in [5, 5.41) is 11.7. The predicted molar refractivity (Wildman–Crippen MR) is 71.5 cm³/mol. The molecule has 4 nitrogen and oxygen atoms in total. The summed E-state index contributed by atoms with van der Waals surface area (Å²) in [7, 11) is 0. The van der Waals surface area contributed by atoms with E-state index in [1.54, 1.807) is 0 Å². The molecule has 4 heteroatoms. The minimum absolute atomic E-state index is 0.640. The van der Waals surface area contributed by atoms with Crippen molar-refractivity contribution in [3.8, 4) is 5.88 Å². The van der Waals surface area contributed by atoms with Gasteiger partial charge in [-0.25, -0.2) is 0 Å². The summed E-state index contributed by atoms with van der Waals surface area (Å²) < 4.78 is 5.55. The highest BCUT2D eigenvalue weighted by molar-refractivity contribution is 5.11. The summed E-state index contributed by atoms with van der Waals surface area (Å²) in [6.07, 6.45) is 7.45. The highest BCUT2D eigenvalue weighted by Gasteiger charge is 2.20. The molecule has 0 unspecified atom stereocenters. The lowest BCUT2D eigenvalue weighted by atomic mass is 10.2. The van der Waals surface area contributed by atoms with Crippen LogP contribution in [0, 0.1) is 0 Å². The molecule has 0 saturated heterocycles. The molecule has 0 aromatic carbocycles. The lowest BCUT2D eigenvalue weighted by Gasteiger charge is -2.05. The van der Waals surface area contributed by atoms with Crippen LogP contribution in [0.4, 0.5) is 0 Å². The molecule has 1 fully saturated rings. The van der Waals surface area contributed by atoms with Crippen molar-refractivity contribution in [2.75, 3.05) is 6.61 Å². The molecule has 0 aliphatic heterocycles. The third kappa shape index (κ3) is 5.00. The second-order valence-electron chi connectivity index (χ2n) is 4.93. The van der Waals surface area contributed by atoms with Crippen molar-refractivity contribution in [2.24, 2.45) is 0 Å². The van der Waals surface area contributed by atoms with Crippen molar-refractivity contribution in [1.29, 1.82) is 0 Å². The summed E-state index contributed by atoms with van der Waals surface area (Å²) in [6, 6.07) is 4.61. The molecule has 0 spiro atoms. The van der Waals surface area contributed by atoms with Crippen LogP contribution in [-0.2, 0) is 6.54 Å². The minimum atomic E-state index is 0.640. The number of hydrogen-bond donors (Lipinski definition) is 1. The maximum atomic E-state index is 5.55. The van der Waals surface area contributed by atoms with E-state index in [0.29, 0.717) is 11.9 Å². The van der Waals surface area contributed by atoms with Gasteiger partial charge in [-0.15, -0.1) is 5.10 Å². The minimum Gasteiger partial charge on any atom is -0.477 e. The number of nitrogens with zero attached hydrogens (tertiary/aromatic N) is 2. The van der Waals surface area contributed by atoms with E-state index in [-0.39, 0.29) is 0 Å². The van der Waals surface area contributed by atoms with Crippen LogP contribution < -0.4 is 10.1 Å². The molecule has 1 aromatic rings. The van der Waals surface area contributed by atoms with E-state index in [0.717, 1.165) is 25.3 Å². The first-order valence-corrected chi connectivity index (χ1v) is 7.07. The lowest BCUT2D eigenvalue weighted by molar-refractivity contribution is 0.290. The monoisotopic (exact) mass is 249 g/mol. The standard InChI is InChI=1S/C14H23N3O/c1-2-3-4-5-10-18-14-9-8-13(16-17-14)11-15-12-6-7-12/h8-9,12,15H,2-7,10-11H2,1H3. The van der Waals surface area contributed by atoms with Crippen molar-refractivity contribution in [2.45, 2.75) is 58.0 Å². The van der Waals surface area contributed by atoms with Crippen molar-refractivity contribution in [1.82, 2.24) is 15.5 Å². The molecule has 0 amide bonds. The second kappa shape index (κ2) is 7.31. The fourth-order valence-electron chi connectivity index (χ4n) is 1.76. The van der Waals surface area contributed by atoms with Gasteiger partial charge in [0.05, 0.1) is 12.3 Å². The Morgan fingerprint density at radius 1 is 1.22 bits per heavy atom. The van der Waals surface area contributed by atoms with Gasteiger partial charge in [-0.1, -0.05) is 26.2 Å². The average molecular weight is 249 g/mol. The van der Waals surface area contributed by atoms with Gasteiger partial charge < -0.3 is 10.1 Å². The molecule has 1 N–H and O–H groups in total. The zero-order valence-electron chi connectivity index (χ0n) is 11.2. The number of rotatable bonds is 9. The van der Waals surface area contributed by atoms with Gasteiger partial charge in [0.2, 0.25) is 5.88 Å². The van der Waals surface area contributed by atoms with Crippen LogP contribution in [0.5, 0.6) is 5.88 Å². The first-order chi connectivity index (χ1) is 8.88. The molecule has 1 aliphatic carbocycles. The van der Waals surface area contributed by atoms with Gasteiger partial charge in [-0.2, -0.15) is 5.10 Å². The van der Waals surface area contributed by atoms with Crippen molar-refractivity contribution >= 4 is 0 Å². The Labute approximate surface area is 109 Å². The summed E-state index contributed by atoms with van der Waals surface area (Å²) >= 11 is 0. The van der Waals surface area contributed by atoms with Gasteiger partial charge in [0.25, 0.3) is 0 Å². The van der Waals surface area contributed by atoms with Crippen molar-refractivity contribution in [3.05, 3.63) is 17.8 Å². The van der Waals surface area contributed by atoms with Crippen LogP contribution in [-0.4, -0.2) is 22.8 Å². The van der Waals surface area contributed by atoms with Crippen LogP contribution in [0.1, 0.15) is 51.1 Å². The van der Waals surface area contributed by atoms with Gasteiger partial charge in [0, 0.05) is 18.7 Å². The van der Waals surface area contributed by atoms with Crippen LogP contribution in [0.25, 0.3) is 0 Å². The van der Waals surface area contributed by atoms with E-state index < -0.39 is 0 Å². The molecule has 1 aromatic heterocycles. The Morgan fingerprint density at radius 3 is 2.78 bits per heavy atom. The van der Waals surface area contributed by atoms with Crippen LogP contribution in [0.3, 0.4) is 0 Å². The maximum Gasteiger partial charge on any atom is 0.233 e. The van der Waals surface area contributed by atoms with E-state index in [9.17, 15) is 0 Å². The number of unbranched alkanes of at least 4 members (excludes halogenated alkanes) is 3. The van der Waals surface area contributed by atoms with Crippen LogP contribution >= 0.6 is 0 Å². The fraction of sp³-hybridized carbons (Fsp3) is 0.714. The van der Waals surface area contributed by atoms with Gasteiger partial charge in [0.1, 0.15) is 0 Å². The first-order valence-electron chi connectivity index (χ1n) is 7.07. The van der Waals surface area contributed by atoms with E-state index in [2.05, 4.69) is 22.4 Å². The molecule has 1 aliphatic rings. The van der Waals surface area contributed by atoms with Gasteiger partial charge in [0.15, 0.2) is 0 Å². The van der Waals surface area contributed by atoms with Gasteiger partial charge in [-0.3, -0.25) is 0 Å². The summed E-state index contributed by atoms with van der Waals surface area (Å²) in [4.78, 5) is 0. The average Bonchev–Trinajstić information content (AvgIpc) is 3.22. The molecule has 18 heavy (non-hydrogen) atoms. The summed E-state index contributed by atoms with van der Waals surface area (Å²) in [5.41, 5.74) is 0.986. The smallest absolute Gasteiger partial charge is 0.233 e. The molecule has 0 radical (unpaired) electrons. The third-order valence-corrected chi connectivity index (χ3v) is 3.09. The normalized spacial score (nSPS) is 14.7. The highest BCUT2D eigenvalue weighted by Crippen LogP contribution is 2.19.